The minimum Gasteiger partial charge on any atom is -0.489 e. The first-order valence-electron chi connectivity index (χ1n) is 11.6. The van der Waals surface area contributed by atoms with Crippen molar-refractivity contribution in [3.05, 3.63) is 59.7 Å². The van der Waals surface area contributed by atoms with Crippen molar-refractivity contribution in [2.75, 3.05) is 0 Å². The summed E-state index contributed by atoms with van der Waals surface area (Å²) in [5.41, 5.74) is 3.65. The number of aliphatic carboxylic acids is 1. The van der Waals surface area contributed by atoms with E-state index in [1.807, 2.05) is 56.4 Å². The van der Waals surface area contributed by atoms with E-state index in [-0.39, 0.29) is 12.0 Å². The molecule has 0 unspecified atom stereocenters. The van der Waals surface area contributed by atoms with Gasteiger partial charge in [-0.25, -0.2) is 4.98 Å². The zero-order valence-corrected chi connectivity index (χ0v) is 19.6. The van der Waals surface area contributed by atoms with Gasteiger partial charge in [-0.05, 0) is 56.9 Å². The fourth-order valence-electron chi connectivity index (χ4n) is 4.40. The van der Waals surface area contributed by atoms with Gasteiger partial charge in [-0.2, -0.15) is 0 Å². The Kier molecular flexibility index (Phi) is 6.26. The van der Waals surface area contributed by atoms with Crippen LogP contribution in [0.25, 0.3) is 22.8 Å². The molecule has 1 saturated carbocycles. The predicted molar refractivity (Wildman–Crippen MR) is 126 cm³/mol. The molecule has 10 heteroatoms. The van der Waals surface area contributed by atoms with Crippen LogP contribution in [-0.4, -0.2) is 47.4 Å². The molecule has 1 aliphatic carbocycles. The number of nitrogens with zero attached hydrogens (tertiary/aromatic N) is 6. The quantitative estimate of drug-likeness (QED) is 0.424. The van der Waals surface area contributed by atoms with Crippen LogP contribution in [0.15, 0.2) is 46.9 Å². The van der Waals surface area contributed by atoms with Crippen molar-refractivity contribution in [3.8, 4) is 28.6 Å². The number of ether oxygens (including phenoxy) is 1. The fraction of sp³-hybridized carbons (Fsp3) is 0.360. The van der Waals surface area contributed by atoms with Crippen molar-refractivity contribution in [2.24, 2.45) is 13.0 Å². The Hall–Kier alpha value is -4.08. The van der Waals surface area contributed by atoms with Gasteiger partial charge < -0.3 is 14.3 Å². The number of benzene rings is 1. The van der Waals surface area contributed by atoms with Gasteiger partial charge in [0, 0.05) is 12.6 Å². The molecule has 0 bridgehead atoms. The van der Waals surface area contributed by atoms with E-state index in [4.69, 9.17) is 14.1 Å². The van der Waals surface area contributed by atoms with Crippen molar-refractivity contribution in [3.63, 3.8) is 0 Å². The molecular weight excluding hydrogens is 448 g/mol. The molecule has 0 radical (unpaired) electrons. The van der Waals surface area contributed by atoms with E-state index < -0.39 is 5.97 Å². The second kappa shape index (κ2) is 9.65. The lowest BCUT2D eigenvalue weighted by Crippen LogP contribution is -2.29. The Balaban J connectivity index is 1.34. The van der Waals surface area contributed by atoms with Crippen LogP contribution in [-0.2, 0) is 18.3 Å². The third-order valence-corrected chi connectivity index (χ3v) is 6.30. The molecule has 10 nitrogen and oxygen atoms in total. The second-order valence-electron chi connectivity index (χ2n) is 8.77. The Morgan fingerprint density at radius 1 is 1.14 bits per heavy atom. The first-order chi connectivity index (χ1) is 17.0. The Morgan fingerprint density at radius 2 is 1.97 bits per heavy atom. The Bertz CT molecular complexity index is 1330. The van der Waals surface area contributed by atoms with Crippen LogP contribution in [0.1, 0.15) is 43.0 Å². The van der Waals surface area contributed by atoms with Crippen LogP contribution < -0.4 is 4.74 Å². The molecule has 1 aliphatic rings. The molecule has 4 aromatic rings. The van der Waals surface area contributed by atoms with Crippen LogP contribution in [0, 0.1) is 12.8 Å². The average Bonchev–Trinajstić information content (AvgIpc) is 3.48. The smallest absolute Gasteiger partial charge is 0.306 e. The highest BCUT2D eigenvalue weighted by molar-refractivity contribution is 5.70. The summed E-state index contributed by atoms with van der Waals surface area (Å²) in [5, 5.41) is 26.2. The van der Waals surface area contributed by atoms with Gasteiger partial charge in [0.05, 0.1) is 35.5 Å². The number of hydrogen-bond donors (Lipinski definition) is 1. The van der Waals surface area contributed by atoms with Gasteiger partial charge in [0.1, 0.15) is 11.4 Å². The standard InChI is InChI=1S/C25H26N6O4/c1-15-21(34-18-10-6-9-17(13-18)25(32)33)12-11-19(26-15)23-20(31(2)30-28-23)14-22-27-29-24(35-22)16-7-4-3-5-8-16/h3-5,7-8,11-12,17-18H,6,9-10,13-14H2,1-2H3,(H,32,33)/t17-,18-/m0/s1. The van der Waals surface area contributed by atoms with E-state index in [0.717, 1.165) is 24.1 Å². The molecular formula is C25H26N6O4. The molecule has 0 amide bonds. The molecule has 0 spiro atoms. The molecule has 35 heavy (non-hydrogen) atoms. The number of pyridine rings is 1. The maximum Gasteiger partial charge on any atom is 0.306 e. The molecule has 3 aromatic heterocycles. The topological polar surface area (TPSA) is 129 Å². The van der Waals surface area contributed by atoms with E-state index in [1.165, 1.54) is 0 Å². The highest BCUT2D eigenvalue weighted by Gasteiger charge is 2.28. The first-order valence-corrected chi connectivity index (χ1v) is 11.6. The van der Waals surface area contributed by atoms with E-state index in [2.05, 4.69) is 20.5 Å². The lowest BCUT2D eigenvalue weighted by atomic mass is 9.87. The zero-order valence-electron chi connectivity index (χ0n) is 19.6. The van der Waals surface area contributed by atoms with Crippen LogP contribution >= 0.6 is 0 Å². The molecule has 1 fully saturated rings. The van der Waals surface area contributed by atoms with Gasteiger partial charge >= 0.3 is 5.97 Å². The Morgan fingerprint density at radius 3 is 2.74 bits per heavy atom. The van der Waals surface area contributed by atoms with Gasteiger partial charge in [0.15, 0.2) is 0 Å². The summed E-state index contributed by atoms with van der Waals surface area (Å²) in [6, 6.07) is 13.3. The zero-order chi connectivity index (χ0) is 24.4. The van der Waals surface area contributed by atoms with Crippen LogP contribution in [0.5, 0.6) is 5.75 Å². The van der Waals surface area contributed by atoms with Crippen molar-refractivity contribution in [1.29, 1.82) is 0 Å². The maximum absolute atomic E-state index is 11.4. The normalized spacial score (nSPS) is 17.9. The number of hydrogen-bond acceptors (Lipinski definition) is 8. The molecule has 1 N–H and O–H groups in total. The number of carboxylic acid groups (broad SMARTS) is 1. The van der Waals surface area contributed by atoms with Gasteiger partial charge in [-0.3, -0.25) is 9.48 Å². The summed E-state index contributed by atoms with van der Waals surface area (Å²) in [5.74, 6) is 0.462. The predicted octanol–water partition coefficient (Wildman–Crippen LogP) is 3.85. The van der Waals surface area contributed by atoms with Crippen molar-refractivity contribution >= 4 is 5.97 Å². The van der Waals surface area contributed by atoms with Crippen molar-refractivity contribution in [2.45, 2.75) is 45.1 Å². The van der Waals surface area contributed by atoms with Crippen molar-refractivity contribution < 1.29 is 19.1 Å². The Labute approximate surface area is 202 Å². The summed E-state index contributed by atoms with van der Waals surface area (Å²) >= 11 is 0. The fourth-order valence-corrected chi connectivity index (χ4v) is 4.40. The first kappa shape index (κ1) is 22.7. The largest absolute Gasteiger partial charge is 0.489 e. The summed E-state index contributed by atoms with van der Waals surface area (Å²) < 4.78 is 13.7. The number of carbonyl (C=O) groups is 1. The van der Waals surface area contributed by atoms with E-state index in [0.29, 0.717) is 53.9 Å². The second-order valence-corrected chi connectivity index (χ2v) is 8.77. The van der Waals surface area contributed by atoms with Gasteiger partial charge in [-0.1, -0.05) is 23.4 Å². The minimum absolute atomic E-state index is 0.125. The average molecular weight is 475 g/mol. The number of aryl methyl sites for hydroxylation is 2. The number of carboxylic acids is 1. The third-order valence-electron chi connectivity index (χ3n) is 6.30. The highest BCUT2D eigenvalue weighted by Crippen LogP contribution is 2.31. The van der Waals surface area contributed by atoms with E-state index >= 15 is 0 Å². The summed E-state index contributed by atoms with van der Waals surface area (Å²) in [6.07, 6.45) is 3.13. The third kappa shape index (κ3) is 4.91. The van der Waals surface area contributed by atoms with E-state index in [9.17, 15) is 9.90 Å². The van der Waals surface area contributed by atoms with Crippen LogP contribution in [0.3, 0.4) is 0 Å². The molecule has 0 aliphatic heterocycles. The monoisotopic (exact) mass is 474 g/mol. The lowest BCUT2D eigenvalue weighted by molar-refractivity contribution is -0.143. The molecule has 2 atom stereocenters. The maximum atomic E-state index is 11.4. The van der Waals surface area contributed by atoms with Crippen LogP contribution in [0.4, 0.5) is 0 Å². The number of rotatable bonds is 7. The van der Waals surface area contributed by atoms with Gasteiger partial charge in [-0.15, -0.1) is 15.3 Å². The highest BCUT2D eigenvalue weighted by atomic mass is 16.5. The molecule has 180 valence electrons. The lowest BCUT2D eigenvalue weighted by Gasteiger charge is -2.27. The molecule has 5 rings (SSSR count). The van der Waals surface area contributed by atoms with E-state index in [1.54, 1.807) is 4.68 Å². The number of aromatic nitrogens is 6. The van der Waals surface area contributed by atoms with Gasteiger partial charge in [0.2, 0.25) is 11.8 Å². The summed E-state index contributed by atoms with van der Waals surface area (Å²) in [4.78, 5) is 16.1. The SMILES string of the molecule is Cc1nc(-c2nnn(C)c2Cc2nnc(-c3ccccc3)o2)ccc1O[C@H]1CCC[C@H](C(=O)O)C1. The van der Waals surface area contributed by atoms with Gasteiger partial charge in [0.25, 0.3) is 0 Å². The minimum atomic E-state index is -0.754. The molecule has 1 aromatic carbocycles. The summed E-state index contributed by atoms with van der Waals surface area (Å²) in [6.45, 7) is 1.87. The van der Waals surface area contributed by atoms with Crippen LogP contribution in [0.2, 0.25) is 0 Å². The van der Waals surface area contributed by atoms with Crippen molar-refractivity contribution in [1.82, 2.24) is 30.2 Å². The summed E-state index contributed by atoms with van der Waals surface area (Å²) in [7, 11) is 1.81. The molecule has 3 heterocycles. The molecule has 0 saturated heterocycles.